The normalized spacial score (nSPS) is 12.3. The Bertz CT molecular complexity index is 214. The van der Waals surface area contributed by atoms with Crippen molar-refractivity contribution >= 4 is 5.97 Å². The van der Waals surface area contributed by atoms with Gasteiger partial charge in [-0.05, 0) is 24.8 Å². The van der Waals surface area contributed by atoms with Crippen molar-refractivity contribution in [3.63, 3.8) is 0 Å². The minimum Gasteiger partial charge on any atom is -0.545 e. The molecule has 0 unspecified atom stereocenters. The molecule has 0 atom stereocenters. The summed E-state index contributed by atoms with van der Waals surface area (Å²) in [6, 6.07) is 0. The van der Waals surface area contributed by atoms with Crippen LogP contribution in [0.1, 0.15) is 46.0 Å². The second-order valence-electron chi connectivity index (χ2n) is 3.26. The van der Waals surface area contributed by atoms with E-state index in [2.05, 4.69) is 6.92 Å². The molecule has 2 heteroatoms. The van der Waals surface area contributed by atoms with Gasteiger partial charge in [0.25, 0.3) is 0 Å². The van der Waals surface area contributed by atoms with Crippen LogP contribution in [-0.4, -0.2) is 5.97 Å². The first-order valence-corrected chi connectivity index (χ1v) is 5.29. The summed E-state index contributed by atoms with van der Waals surface area (Å²) in [5, 5.41) is 10.5. The highest BCUT2D eigenvalue weighted by molar-refractivity contribution is 5.84. The Labute approximate surface area is 86.3 Å². The number of aliphatic carboxylic acids is 1. The number of carboxylic acid groups (broad SMARTS) is 1. The van der Waals surface area contributed by atoms with Crippen molar-refractivity contribution in [1.29, 1.82) is 0 Å². The maximum Gasteiger partial charge on any atom is 0.0674 e. The van der Waals surface area contributed by atoms with Gasteiger partial charge >= 0.3 is 0 Å². The van der Waals surface area contributed by atoms with Crippen LogP contribution in [0, 0.1) is 0 Å². The fraction of sp³-hybridized carbons (Fsp3) is 0.583. The third-order valence-electron chi connectivity index (χ3n) is 2.05. The standard InChI is InChI=1S/C12H20O2/c1-3-5-6-7-8-9-10-11(4-2)12(13)14/h8-10H,3-7H2,1-2H3,(H,13,14)/p-1. The van der Waals surface area contributed by atoms with E-state index in [1.807, 2.05) is 19.1 Å². The lowest BCUT2D eigenvalue weighted by atomic mass is 10.1. The summed E-state index contributed by atoms with van der Waals surface area (Å²) in [7, 11) is 0. The number of carbonyl (C=O) groups excluding carboxylic acids is 1. The maximum absolute atomic E-state index is 10.5. The van der Waals surface area contributed by atoms with Crippen LogP contribution in [0.3, 0.4) is 0 Å². The molecule has 0 aliphatic heterocycles. The molecule has 0 bridgehead atoms. The monoisotopic (exact) mass is 195 g/mol. The summed E-state index contributed by atoms with van der Waals surface area (Å²) in [5.41, 5.74) is 0.358. The Kier molecular flexibility index (Phi) is 7.90. The third-order valence-corrected chi connectivity index (χ3v) is 2.05. The van der Waals surface area contributed by atoms with Crippen molar-refractivity contribution in [2.45, 2.75) is 46.0 Å². The van der Waals surface area contributed by atoms with Gasteiger partial charge in [0.1, 0.15) is 0 Å². The van der Waals surface area contributed by atoms with Gasteiger partial charge in [0, 0.05) is 0 Å². The van der Waals surface area contributed by atoms with Crippen molar-refractivity contribution in [2.24, 2.45) is 0 Å². The fourth-order valence-corrected chi connectivity index (χ4v) is 1.12. The second kappa shape index (κ2) is 8.54. The van der Waals surface area contributed by atoms with Gasteiger partial charge in [-0.25, -0.2) is 0 Å². The molecule has 0 saturated heterocycles. The molecule has 0 heterocycles. The Morgan fingerprint density at radius 3 is 2.50 bits per heavy atom. The van der Waals surface area contributed by atoms with Gasteiger partial charge in [0.15, 0.2) is 0 Å². The SMILES string of the molecule is CCCCCC=CC=C(CC)C(=O)[O-]. The molecule has 0 rings (SSSR count). The lowest BCUT2D eigenvalue weighted by Crippen LogP contribution is -2.23. The highest BCUT2D eigenvalue weighted by Gasteiger charge is 1.90. The molecule has 0 radical (unpaired) electrons. The van der Waals surface area contributed by atoms with Gasteiger partial charge in [-0.3, -0.25) is 0 Å². The average molecular weight is 195 g/mol. The number of carboxylic acids is 1. The number of allylic oxidation sites excluding steroid dienone is 3. The van der Waals surface area contributed by atoms with Crippen LogP contribution in [0.2, 0.25) is 0 Å². The molecule has 0 aliphatic rings. The highest BCUT2D eigenvalue weighted by atomic mass is 16.4. The fourth-order valence-electron chi connectivity index (χ4n) is 1.12. The molecule has 0 aromatic carbocycles. The van der Waals surface area contributed by atoms with E-state index in [4.69, 9.17) is 0 Å². The number of rotatable bonds is 7. The van der Waals surface area contributed by atoms with Gasteiger partial charge in [0.05, 0.1) is 5.97 Å². The van der Waals surface area contributed by atoms with Gasteiger partial charge < -0.3 is 9.90 Å². The Morgan fingerprint density at radius 2 is 2.00 bits per heavy atom. The number of hydrogen-bond donors (Lipinski definition) is 0. The number of unbranched alkanes of at least 4 members (excludes halogenated alkanes) is 3. The first-order valence-electron chi connectivity index (χ1n) is 5.29. The molecular weight excluding hydrogens is 176 g/mol. The predicted octanol–water partition coefficient (Wildman–Crippen LogP) is 2.21. The van der Waals surface area contributed by atoms with E-state index in [1.165, 1.54) is 19.3 Å². The zero-order chi connectivity index (χ0) is 10.8. The summed E-state index contributed by atoms with van der Waals surface area (Å²) in [4.78, 5) is 10.5. The molecule has 0 amide bonds. The van der Waals surface area contributed by atoms with E-state index >= 15 is 0 Å². The quantitative estimate of drug-likeness (QED) is 0.355. The van der Waals surface area contributed by atoms with Crippen LogP contribution >= 0.6 is 0 Å². The summed E-state index contributed by atoms with van der Waals surface area (Å²) in [6.45, 7) is 3.97. The van der Waals surface area contributed by atoms with E-state index in [9.17, 15) is 9.90 Å². The Hall–Kier alpha value is -1.05. The third kappa shape index (κ3) is 6.46. The lowest BCUT2D eigenvalue weighted by molar-refractivity contribution is -0.299. The summed E-state index contributed by atoms with van der Waals surface area (Å²) < 4.78 is 0. The molecule has 0 spiro atoms. The summed E-state index contributed by atoms with van der Waals surface area (Å²) in [6.07, 6.45) is 10.6. The van der Waals surface area contributed by atoms with Crippen molar-refractivity contribution in [3.8, 4) is 0 Å². The summed E-state index contributed by atoms with van der Waals surface area (Å²) >= 11 is 0. The number of hydrogen-bond acceptors (Lipinski definition) is 2. The Balaban J connectivity index is 3.81. The second-order valence-corrected chi connectivity index (χ2v) is 3.26. The molecule has 0 aromatic heterocycles. The molecule has 14 heavy (non-hydrogen) atoms. The maximum atomic E-state index is 10.5. The molecule has 2 nitrogen and oxygen atoms in total. The molecule has 0 N–H and O–H groups in total. The molecule has 0 aliphatic carbocycles. The van der Waals surface area contributed by atoms with Crippen molar-refractivity contribution in [1.82, 2.24) is 0 Å². The first-order chi connectivity index (χ1) is 6.72. The number of carbonyl (C=O) groups is 1. The average Bonchev–Trinajstić information content (AvgIpc) is 2.16. The van der Waals surface area contributed by atoms with E-state index < -0.39 is 5.97 Å². The van der Waals surface area contributed by atoms with Crippen LogP contribution in [0.25, 0.3) is 0 Å². The predicted molar refractivity (Wildman–Crippen MR) is 56.7 cm³/mol. The summed E-state index contributed by atoms with van der Waals surface area (Å²) in [5.74, 6) is -1.06. The van der Waals surface area contributed by atoms with Gasteiger partial charge in [-0.15, -0.1) is 0 Å². The van der Waals surface area contributed by atoms with Crippen molar-refractivity contribution in [2.75, 3.05) is 0 Å². The molecule has 0 aromatic rings. The van der Waals surface area contributed by atoms with Crippen LogP contribution in [0.5, 0.6) is 0 Å². The van der Waals surface area contributed by atoms with E-state index in [-0.39, 0.29) is 0 Å². The van der Waals surface area contributed by atoms with Crippen LogP contribution in [-0.2, 0) is 4.79 Å². The van der Waals surface area contributed by atoms with Gasteiger partial charge in [-0.1, -0.05) is 44.9 Å². The molecular formula is C12H19O2-. The Morgan fingerprint density at radius 1 is 1.29 bits per heavy atom. The molecule has 80 valence electrons. The largest absolute Gasteiger partial charge is 0.545 e. The van der Waals surface area contributed by atoms with Gasteiger partial charge in [0.2, 0.25) is 0 Å². The van der Waals surface area contributed by atoms with E-state index in [0.29, 0.717) is 12.0 Å². The molecule has 0 saturated carbocycles. The van der Waals surface area contributed by atoms with Crippen LogP contribution < -0.4 is 5.11 Å². The zero-order valence-corrected chi connectivity index (χ0v) is 9.08. The van der Waals surface area contributed by atoms with Crippen molar-refractivity contribution < 1.29 is 9.90 Å². The zero-order valence-electron chi connectivity index (χ0n) is 9.08. The van der Waals surface area contributed by atoms with Gasteiger partial charge in [-0.2, -0.15) is 0 Å². The minimum absolute atomic E-state index is 0.358. The smallest absolute Gasteiger partial charge is 0.0674 e. The minimum atomic E-state index is -1.06. The van der Waals surface area contributed by atoms with E-state index in [0.717, 1.165) is 6.42 Å². The van der Waals surface area contributed by atoms with E-state index in [1.54, 1.807) is 6.08 Å². The lowest BCUT2D eigenvalue weighted by Gasteiger charge is -2.02. The van der Waals surface area contributed by atoms with Crippen molar-refractivity contribution in [3.05, 3.63) is 23.8 Å². The van der Waals surface area contributed by atoms with Crippen LogP contribution in [0.4, 0.5) is 0 Å². The highest BCUT2D eigenvalue weighted by Crippen LogP contribution is 2.02. The first kappa shape index (κ1) is 12.9. The topological polar surface area (TPSA) is 40.1 Å². The molecule has 0 fully saturated rings. The van der Waals surface area contributed by atoms with Crippen LogP contribution in [0.15, 0.2) is 23.8 Å².